The molecule has 35 heavy (non-hydrogen) atoms. The van der Waals surface area contributed by atoms with Crippen molar-refractivity contribution in [1.29, 1.82) is 0 Å². The number of carbonyl (C=O) groups is 3. The Morgan fingerprint density at radius 1 is 1.03 bits per heavy atom. The standard InChI is InChI=1S/C25H28N2O8/c1-6-15-32-22(28)21(26-23(29)35-25(2,3)4)16-17-7-11-19(12-8-17)33-24(30)34-20-13-9-18(10-14-20)27(5)31/h6-14,21H,1,5,15-16H2,2-4H3,(H,26,29)/t21-/m0/s1. The van der Waals surface area contributed by atoms with Gasteiger partial charge in [-0.1, -0.05) is 24.8 Å². The summed E-state index contributed by atoms with van der Waals surface area (Å²) in [7, 11) is 0. The summed E-state index contributed by atoms with van der Waals surface area (Å²) in [6, 6.07) is 11.0. The molecule has 1 N–H and O–H groups in total. The molecule has 0 heterocycles. The van der Waals surface area contributed by atoms with E-state index in [2.05, 4.69) is 18.6 Å². The van der Waals surface area contributed by atoms with Crippen molar-refractivity contribution in [1.82, 2.24) is 5.32 Å². The molecule has 0 saturated heterocycles. The molecule has 2 aromatic carbocycles. The largest absolute Gasteiger partial charge is 0.619 e. The third-order valence-corrected chi connectivity index (χ3v) is 4.21. The Balaban J connectivity index is 2.00. The zero-order valence-electron chi connectivity index (χ0n) is 19.8. The van der Waals surface area contributed by atoms with Gasteiger partial charge in [0.25, 0.3) is 0 Å². The van der Waals surface area contributed by atoms with Crippen LogP contribution in [0.1, 0.15) is 26.3 Å². The number of rotatable bonds is 9. The van der Waals surface area contributed by atoms with E-state index in [-0.39, 0.29) is 24.5 Å². The van der Waals surface area contributed by atoms with Crippen molar-refractivity contribution in [2.24, 2.45) is 0 Å². The lowest BCUT2D eigenvalue weighted by atomic mass is 10.1. The van der Waals surface area contributed by atoms with Crippen LogP contribution >= 0.6 is 0 Å². The van der Waals surface area contributed by atoms with Gasteiger partial charge in [-0.3, -0.25) is 0 Å². The van der Waals surface area contributed by atoms with E-state index in [0.717, 1.165) is 0 Å². The number of nitrogens with one attached hydrogen (secondary N) is 1. The van der Waals surface area contributed by atoms with E-state index in [1.165, 1.54) is 42.5 Å². The molecular formula is C25H28N2O8. The van der Waals surface area contributed by atoms with Gasteiger partial charge in [0.15, 0.2) is 0 Å². The van der Waals surface area contributed by atoms with Gasteiger partial charge in [0.2, 0.25) is 5.69 Å². The molecule has 2 rings (SSSR count). The van der Waals surface area contributed by atoms with Crippen LogP contribution in [0.25, 0.3) is 0 Å². The van der Waals surface area contributed by atoms with Crippen LogP contribution in [0.5, 0.6) is 11.5 Å². The fourth-order valence-electron chi connectivity index (χ4n) is 2.71. The minimum atomic E-state index is -1.01. The maximum atomic E-state index is 12.4. The molecule has 0 unspecified atom stereocenters. The highest BCUT2D eigenvalue weighted by molar-refractivity contribution is 5.82. The fourth-order valence-corrected chi connectivity index (χ4v) is 2.71. The van der Waals surface area contributed by atoms with Crippen molar-refractivity contribution in [2.75, 3.05) is 6.61 Å². The average Bonchev–Trinajstić information content (AvgIpc) is 2.77. The van der Waals surface area contributed by atoms with E-state index >= 15 is 0 Å². The number of amides is 1. The number of carbonyl (C=O) groups excluding carboxylic acids is 3. The van der Waals surface area contributed by atoms with Gasteiger partial charge in [0, 0.05) is 18.6 Å². The molecule has 10 nitrogen and oxygen atoms in total. The molecule has 0 saturated carbocycles. The lowest BCUT2D eigenvalue weighted by molar-refractivity contribution is -0.349. The first-order valence-corrected chi connectivity index (χ1v) is 10.6. The Hall–Kier alpha value is -4.34. The van der Waals surface area contributed by atoms with E-state index in [0.29, 0.717) is 16.0 Å². The van der Waals surface area contributed by atoms with E-state index in [4.69, 9.17) is 18.9 Å². The molecule has 0 aliphatic carbocycles. The Morgan fingerprint density at radius 3 is 2.06 bits per heavy atom. The van der Waals surface area contributed by atoms with Crippen LogP contribution in [0, 0.1) is 5.21 Å². The van der Waals surface area contributed by atoms with Crippen molar-refractivity contribution in [2.45, 2.75) is 38.8 Å². The van der Waals surface area contributed by atoms with Crippen molar-refractivity contribution >= 4 is 30.6 Å². The molecule has 0 aliphatic rings. The number of hydrogen-bond acceptors (Lipinski definition) is 8. The Kier molecular flexibility index (Phi) is 9.39. The molecule has 186 valence electrons. The molecule has 0 bridgehead atoms. The van der Waals surface area contributed by atoms with Crippen LogP contribution in [-0.4, -0.2) is 47.9 Å². The lowest BCUT2D eigenvalue weighted by Crippen LogP contribution is -2.45. The van der Waals surface area contributed by atoms with Crippen molar-refractivity contribution in [3.8, 4) is 11.5 Å². The quantitative estimate of drug-likeness (QED) is 0.106. The smallest absolute Gasteiger partial charge is 0.519 e. The normalized spacial score (nSPS) is 11.5. The van der Waals surface area contributed by atoms with Crippen molar-refractivity contribution < 1.29 is 38.1 Å². The van der Waals surface area contributed by atoms with Crippen LogP contribution in [0.15, 0.2) is 61.2 Å². The molecule has 0 spiro atoms. The van der Waals surface area contributed by atoms with Crippen LogP contribution in [0.2, 0.25) is 0 Å². The summed E-state index contributed by atoms with van der Waals surface area (Å²) in [5.74, 6) is -0.263. The SMILES string of the molecule is C=CCOC(=O)[C@H](Cc1ccc(OC(=O)Oc2ccc([N+](=C)[O-])cc2)cc1)NC(=O)OC(C)(C)C. The van der Waals surface area contributed by atoms with E-state index in [9.17, 15) is 19.6 Å². The van der Waals surface area contributed by atoms with Crippen molar-refractivity contribution in [3.05, 3.63) is 72.0 Å². The van der Waals surface area contributed by atoms with E-state index < -0.39 is 29.9 Å². The minimum Gasteiger partial charge on any atom is -0.619 e. The molecule has 0 aliphatic heterocycles. The third kappa shape index (κ3) is 9.58. The van der Waals surface area contributed by atoms with Crippen LogP contribution in [0.4, 0.5) is 15.3 Å². The second-order valence-corrected chi connectivity index (χ2v) is 8.29. The highest BCUT2D eigenvalue weighted by atomic mass is 16.7. The summed E-state index contributed by atoms with van der Waals surface area (Å²) in [5, 5.41) is 13.6. The van der Waals surface area contributed by atoms with Gasteiger partial charge >= 0.3 is 18.2 Å². The Morgan fingerprint density at radius 2 is 1.57 bits per heavy atom. The highest BCUT2D eigenvalue weighted by Crippen LogP contribution is 2.19. The Labute approximate surface area is 203 Å². The lowest BCUT2D eigenvalue weighted by Gasteiger charge is -2.23. The van der Waals surface area contributed by atoms with Gasteiger partial charge in [-0.05, 0) is 50.6 Å². The summed E-state index contributed by atoms with van der Waals surface area (Å²) >= 11 is 0. The second kappa shape index (κ2) is 12.2. The number of benzene rings is 2. The van der Waals surface area contributed by atoms with Gasteiger partial charge in [-0.2, -0.15) is 4.74 Å². The number of alkyl carbamates (subject to hydrolysis) is 1. The topological polar surface area (TPSA) is 126 Å². The number of ether oxygens (including phenoxy) is 4. The molecule has 2 aromatic rings. The molecule has 1 amide bonds. The first-order valence-electron chi connectivity index (χ1n) is 10.6. The zero-order valence-corrected chi connectivity index (χ0v) is 19.8. The number of nitrogens with zero attached hydrogens (tertiary/aromatic N) is 1. The van der Waals surface area contributed by atoms with Gasteiger partial charge in [-0.25, -0.2) is 14.4 Å². The van der Waals surface area contributed by atoms with Gasteiger partial charge in [-0.15, -0.1) is 0 Å². The molecule has 10 heteroatoms. The van der Waals surface area contributed by atoms with Crippen LogP contribution in [0.3, 0.4) is 0 Å². The average molecular weight is 485 g/mol. The first kappa shape index (κ1) is 26.9. The zero-order chi connectivity index (χ0) is 26.0. The number of hydrogen-bond donors (Lipinski definition) is 1. The number of esters is 1. The maximum absolute atomic E-state index is 12.4. The fraction of sp³-hybridized carbons (Fsp3) is 0.280. The van der Waals surface area contributed by atoms with Gasteiger partial charge in [0.1, 0.15) is 36.5 Å². The minimum absolute atomic E-state index is 0.00652. The predicted octanol–water partition coefficient (Wildman–Crippen LogP) is 4.27. The molecule has 0 fully saturated rings. The molecule has 1 atom stereocenters. The maximum Gasteiger partial charge on any atom is 0.519 e. The summed E-state index contributed by atoms with van der Waals surface area (Å²) < 4.78 is 20.9. The van der Waals surface area contributed by atoms with Gasteiger partial charge in [0.05, 0.1) is 0 Å². The van der Waals surface area contributed by atoms with E-state index in [1.54, 1.807) is 32.9 Å². The monoisotopic (exact) mass is 484 g/mol. The Bertz CT molecular complexity index is 1060. The van der Waals surface area contributed by atoms with Gasteiger partial charge < -0.3 is 29.5 Å². The van der Waals surface area contributed by atoms with Crippen molar-refractivity contribution in [3.63, 3.8) is 0 Å². The summed E-state index contributed by atoms with van der Waals surface area (Å²) in [6.07, 6.45) is -0.208. The molecular weight excluding hydrogens is 456 g/mol. The van der Waals surface area contributed by atoms with E-state index in [1.807, 2.05) is 0 Å². The highest BCUT2D eigenvalue weighted by Gasteiger charge is 2.26. The first-order chi connectivity index (χ1) is 16.5. The predicted molar refractivity (Wildman–Crippen MR) is 128 cm³/mol. The van der Waals surface area contributed by atoms with Crippen LogP contribution < -0.4 is 14.8 Å². The summed E-state index contributed by atoms with van der Waals surface area (Å²) in [6.45, 7) is 11.8. The second-order valence-electron chi connectivity index (χ2n) is 8.29. The summed E-state index contributed by atoms with van der Waals surface area (Å²) in [5.41, 5.74) is 0.223. The molecule has 0 aromatic heterocycles. The third-order valence-electron chi connectivity index (χ3n) is 4.21. The van der Waals surface area contributed by atoms with Crippen LogP contribution in [-0.2, 0) is 20.7 Å². The molecule has 0 radical (unpaired) electrons. The summed E-state index contributed by atoms with van der Waals surface area (Å²) in [4.78, 5) is 36.6.